The van der Waals surface area contributed by atoms with Crippen molar-refractivity contribution in [3.63, 3.8) is 0 Å². The van der Waals surface area contributed by atoms with Gasteiger partial charge in [-0.25, -0.2) is 13.4 Å². The normalized spacial score (nSPS) is 11.6. The fourth-order valence-corrected chi connectivity index (χ4v) is 2.80. The van der Waals surface area contributed by atoms with Crippen LogP contribution in [0.25, 0.3) is 0 Å². The predicted molar refractivity (Wildman–Crippen MR) is 81.4 cm³/mol. The average molecular weight is 375 g/mol. The van der Waals surface area contributed by atoms with Gasteiger partial charge in [-0.05, 0) is 40.9 Å². The van der Waals surface area contributed by atoms with E-state index >= 15 is 0 Å². The summed E-state index contributed by atoms with van der Waals surface area (Å²) in [4.78, 5) is 4.07. The van der Waals surface area contributed by atoms with Crippen LogP contribution in [0.2, 0.25) is 0 Å². The number of nitrogens with zero attached hydrogens (tertiary/aromatic N) is 3. The number of aromatic nitrogens is 3. The first-order valence-corrected chi connectivity index (χ1v) is 8.48. The highest BCUT2D eigenvalue weighted by atomic mass is 79.9. The number of aliphatic hydroxyl groups excluding tert-OH is 1. The molecule has 0 amide bonds. The Morgan fingerprint density at radius 3 is 2.86 bits per heavy atom. The number of rotatable bonds is 6. The second-order valence-electron chi connectivity index (χ2n) is 4.44. The topological polar surface area (TPSA) is 97.1 Å². The van der Waals surface area contributed by atoms with E-state index in [1.54, 1.807) is 6.07 Å². The minimum Gasteiger partial charge on any atom is -0.396 e. The molecule has 114 valence electrons. The average Bonchev–Trinajstić information content (AvgIpc) is 2.90. The van der Waals surface area contributed by atoms with Crippen LogP contribution in [0.15, 0.2) is 34.0 Å². The van der Waals surface area contributed by atoms with E-state index in [1.807, 2.05) is 6.92 Å². The lowest BCUT2D eigenvalue weighted by molar-refractivity contribution is 0.277. The zero-order valence-electron chi connectivity index (χ0n) is 11.3. The first kappa shape index (κ1) is 15.9. The largest absolute Gasteiger partial charge is 0.396 e. The summed E-state index contributed by atoms with van der Waals surface area (Å²) in [5.41, 5.74) is 0.876. The standard InChI is InChI=1S/C12H15BrN4O3S/c1-9-5-12(14-7-11(9)13)16-21(19,20)10-6-15-17(8-10)3-2-4-18/h5-8,18H,2-4H2,1H3,(H,14,16). The van der Waals surface area contributed by atoms with Gasteiger partial charge in [-0.1, -0.05) is 0 Å². The van der Waals surface area contributed by atoms with Crippen molar-refractivity contribution in [2.24, 2.45) is 0 Å². The smallest absolute Gasteiger partial charge is 0.266 e. The first-order chi connectivity index (χ1) is 9.92. The molecule has 0 aliphatic heterocycles. The van der Waals surface area contributed by atoms with E-state index < -0.39 is 10.0 Å². The number of aliphatic hydroxyl groups is 1. The van der Waals surface area contributed by atoms with E-state index in [0.29, 0.717) is 13.0 Å². The van der Waals surface area contributed by atoms with Crippen molar-refractivity contribution in [1.82, 2.24) is 14.8 Å². The number of nitrogens with one attached hydrogen (secondary N) is 1. The summed E-state index contributed by atoms with van der Waals surface area (Å²) in [6.07, 6.45) is 4.75. The van der Waals surface area contributed by atoms with Crippen molar-refractivity contribution in [3.8, 4) is 0 Å². The van der Waals surface area contributed by atoms with Crippen LogP contribution >= 0.6 is 15.9 Å². The molecule has 9 heteroatoms. The van der Waals surface area contributed by atoms with Gasteiger partial charge < -0.3 is 5.11 Å². The van der Waals surface area contributed by atoms with E-state index in [9.17, 15) is 8.42 Å². The Balaban J connectivity index is 2.17. The second-order valence-corrected chi connectivity index (χ2v) is 6.98. The van der Waals surface area contributed by atoms with Crippen LogP contribution in [0.4, 0.5) is 5.82 Å². The Kier molecular flexibility index (Phi) is 4.96. The predicted octanol–water partition coefficient (Wildman–Crippen LogP) is 1.53. The van der Waals surface area contributed by atoms with Gasteiger partial charge in [0, 0.05) is 30.0 Å². The summed E-state index contributed by atoms with van der Waals surface area (Å²) in [7, 11) is -3.72. The lowest BCUT2D eigenvalue weighted by Crippen LogP contribution is -2.13. The molecule has 0 bridgehead atoms. The van der Waals surface area contributed by atoms with Crippen LogP contribution < -0.4 is 4.72 Å². The molecular formula is C12H15BrN4O3S. The summed E-state index contributed by atoms with van der Waals surface area (Å²) < 4.78 is 29.1. The Morgan fingerprint density at radius 2 is 2.19 bits per heavy atom. The van der Waals surface area contributed by atoms with E-state index in [1.165, 1.54) is 23.3 Å². The van der Waals surface area contributed by atoms with Gasteiger partial charge >= 0.3 is 0 Å². The summed E-state index contributed by atoms with van der Waals surface area (Å²) >= 11 is 3.31. The van der Waals surface area contributed by atoms with E-state index in [4.69, 9.17) is 5.11 Å². The Hall–Kier alpha value is -1.45. The van der Waals surface area contributed by atoms with Gasteiger partial charge in [0.1, 0.15) is 10.7 Å². The number of aryl methyl sites for hydroxylation is 2. The van der Waals surface area contributed by atoms with E-state index in [0.717, 1.165) is 10.0 Å². The quantitative estimate of drug-likeness (QED) is 0.798. The van der Waals surface area contributed by atoms with Crippen LogP contribution in [-0.4, -0.2) is 34.9 Å². The molecule has 0 fully saturated rings. The van der Waals surface area contributed by atoms with Crippen molar-refractivity contribution in [3.05, 3.63) is 34.7 Å². The van der Waals surface area contributed by atoms with Crippen molar-refractivity contribution >= 4 is 31.8 Å². The van der Waals surface area contributed by atoms with Gasteiger partial charge in [-0.3, -0.25) is 9.40 Å². The van der Waals surface area contributed by atoms with E-state index in [-0.39, 0.29) is 17.3 Å². The van der Waals surface area contributed by atoms with Crippen molar-refractivity contribution in [2.45, 2.75) is 24.8 Å². The molecule has 0 radical (unpaired) electrons. The van der Waals surface area contributed by atoms with Gasteiger partial charge in [0.25, 0.3) is 10.0 Å². The molecule has 0 atom stereocenters. The minimum atomic E-state index is -3.72. The third-order valence-corrected chi connectivity index (χ3v) is 4.89. The molecule has 0 saturated heterocycles. The summed E-state index contributed by atoms with van der Waals surface area (Å²) in [6, 6.07) is 1.64. The molecule has 0 aliphatic carbocycles. The highest BCUT2D eigenvalue weighted by Gasteiger charge is 2.17. The minimum absolute atomic E-state index is 0.0300. The molecular weight excluding hydrogens is 360 g/mol. The highest BCUT2D eigenvalue weighted by molar-refractivity contribution is 9.10. The van der Waals surface area contributed by atoms with Crippen molar-refractivity contribution in [2.75, 3.05) is 11.3 Å². The second kappa shape index (κ2) is 6.54. The van der Waals surface area contributed by atoms with Crippen molar-refractivity contribution < 1.29 is 13.5 Å². The van der Waals surface area contributed by atoms with Gasteiger partial charge in [0.15, 0.2) is 0 Å². The third-order valence-electron chi connectivity index (χ3n) is 2.75. The van der Waals surface area contributed by atoms with Crippen LogP contribution in [0, 0.1) is 6.92 Å². The zero-order valence-corrected chi connectivity index (χ0v) is 13.7. The molecule has 2 N–H and O–H groups in total. The van der Waals surface area contributed by atoms with Crippen LogP contribution in [-0.2, 0) is 16.6 Å². The Morgan fingerprint density at radius 1 is 1.43 bits per heavy atom. The summed E-state index contributed by atoms with van der Waals surface area (Å²) in [5.74, 6) is 0.249. The molecule has 2 heterocycles. The molecule has 2 aromatic heterocycles. The highest BCUT2D eigenvalue weighted by Crippen LogP contribution is 2.19. The molecule has 7 nitrogen and oxygen atoms in total. The lowest BCUT2D eigenvalue weighted by atomic mass is 10.3. The fourth-order valence-electron chi connectivity index (χ4n) is 1.63. The summed E-state index contributed by atoms with van der Waals surface area (Å²) in [5, 5.41) is 12.7. The number of sulfonamides is 1. The molecule has 0 saturated carbocycles. The number of pyridine rings is 1. The fraction of sp³-hybridized carbons (Fsp3) is 0.333. The van der Waals surface area contributed by atoms with Gasteiger partial charge in [-0.2, -0.15) is 5.10 Å². The number of anilines is 1. The molecule has 0 aliphatic rings. The lowest BCUT2D eigenvalue weighted by Gasteiger charge is -2.06. The molecule has 0 aromatic carbocycles. The number of halogens is 1. The van der Waals surface area contributed by atoms with Gasteiger partial charge in [-0.15, -0.1) is 0 Å². The maximum absolute atomic E-state index is 12.2. The van der Waals surface area contributed by atoms with E-state index in [2.05, 4.69) is 30.7 Å². The Bertz CT molecular complexity index is 730. The maximum Gasteiger partial charge on any atom is 0.266 e. The van der Waals surface area contributed by atoms with Crippen molar-refractivity contribution in [1.29, 1.82) is 0 Å². The molecule has 2 rings (SSSR count). The summed E-state index contributed by atoms with van der Waals surface area (Å²) in [6.45, 7) is 2.33. The van der Waals surface area contributed by atoms with Gasteiger partial charge in [0.2, 0.25) is 0 Å². The van der Waals surface area contributed by atoms with Crippen LogP contribution in [0.5, 0.6) is 0 Å². The maximum atomic E-state index is 12.2. The van der Waals surface area contributed by atoms with Crippen LogP contribution in [0.3, 0.4) is 0 Å². The number of hydrogen-bond donors (Lipinski definition) is 2. The van der Waals surface area contributed by atoms with Gasteiger partial charge in [0.05, 0.1) is 6.20 Å². The molecule has 0 spiro atoms. The SMILES string of the molecule is Cc1cc(NS(=O)(=O)c2cnn(CCCO)c2)ncc1Br. The number of hydrogen-bond acceptors (Lipinski definition) is 5. The third kappa shape index (κ3) is 4.02. The zero-order chi connectivity index (χ0) is 15.5. The molecule has 21 heavy (non-hydrogen) atoms. The molecule has 0 unspecified atom stereocenters. The molecule has 2 aromatic rings. The monoisotopic (exact) mass is 374 g/mol. The van der Waals surface area contributed by atoms with Crippen LogP contribution in [0.1, 0.15) is 12.0 Å². The Labute approximate surface area is 131 Å². The first-order valence-electron chi connectivity index (χ1n) is 6.20.